The summed E-state index contributed by atoms with van der Waals surface area (Å²) in [6, 6.07) is 7.72. The van der Waals surface area contributed by atoms with Gasteiger partial charge in [0.25, 0.3) is 5.91 Å². The highest BCUT2D eigenvalue weighted by Gasteiger charge is 2.25. The minimum atomic E-state index is 0.0804. The summed E-state index contributed by atoms with van der Waals surface area (Å²) < 4.78 is 0. The van der Waals surface area contributed by atoms with Crippen LogP contribution in [0.5, 0.6) is 0 Å². The Morgan fingerprint density at radius 1 is 1.15 bits per heavy atom. The number of pyridine rings is 2. The molecule has 3 rings (SSSR count). The maximum absolute atomic E-state index is 12.5. The van der Waals surface area contributed by atoms with E-state index in [2.05, 4.69) is 9.97 Å². The molecule has 0 aromatic carbocycles. The molecule has 0 N–H and O–H groups in total. The first kappa shape index (κ1) is 12.8. The summed E-state index contributed by atoms with van der Waals surface area (Å²) in [7, 11) is 0. The summed E-state index contributed by atoms with van der Waals surface area (Å²) in [4.78, 5) is 22.5. The summed E-state index contributed by atoms with van der Waals surface area (Å²) in [5.41, 5.74) is 1.94. The molecule has 1 aliphatic heterocycles. The van der Waals surface area contributed by atoms with E-state index >= 15 is 0 Å². The van der Waals surface area contributed by atoms with E-state index in [1.807, 2.05) is 35.5 Å². The van der Waals surface area contributed by atoms with Gasteiger partial charge in [-0.1, -0.05) is 0 Å². The molecule has 4 heteroatoms. The number of hydrogen-bond acceptors (Lipinski definition) is 3. The van der Waals surface area contributed by atoms with E-state index in [1.54, 1.807) is 18.5 Å². The fraction of sp³-hybridized carbons (Fsp3) is 0.312. The lowest BCUT2D eigenvalue weighted by Gasteiger charge is -2.33. The van der Waals surface area contributed by atoms with Gasteiger partial charge >= 0.3 is 0 Å². The van der Waals surface area contributed by atoms with Crippen LogP contribution in [0.3, 0.4) is 0 Å². The standard InChI is InChI=1S/C16H17N3O/c20-16(14-3-1-7-18-11-14)19-10-2-4-15(12-19)13-5-8-17-9-6-13/h1,3,5-9,11,15H,2,4,10,12H2. The molecular formula is C16H17N3O. The molecule has 0 bridgehead atoms. The van der Waals surface area contributed by atoms with Crippen LogP contribution in [0.4, 0.5) is 0 Å². The van der Waals surface area contributed by atoms with E-state index in [0.717, 1.165) is 25.9 Å². The Morgan fingerprint density at radius 2 is 2.00 bits per heavy atom. The van der Waals surface area contributed by atoms with Gasteiger partial charge in [-0.2, -0.15) is 0 Å². The average Bonchev–Trinajstić information content (AvgIpc) is 2.56. The molecule has 1 amide bonds. The number of piperidine rings is 1. The molecule has 1 atom stereocenters. The average molecular weight is 267 g/mol. The van der Waals surface area contributed by atoms with Crippen molar-refractivity contribution >= 4 is 5.91 Å². The Bertz CT molecular complexity index is 571. The highest BCUT2D eigenvalue weighted by atomic mass is 16.2. The lowest BCUT2D eigenvalue weighted by molar-refractivity contribution is 0.0706. The second-order valence-electron chi connectivity index (χ2n) is 5.11. The molecule has 1 aliphatic rings. The van der Waals surface area contributed by atoms with Crippen LogP contribution >= 0.6 is 0 Å². The second-order valence-corrected chi connectivity index (χ2v) is 5.11. The number of likely N-dealkylation sites (tertiary alicyclic amines) is 1. The number of amides is 1. The topological polar surface area (TPSA) is 46.1 Å². The van der Waals surface area contributed by atoms with Crippen molar-refractivity contribution in [1.82, 2.24) is 14.9 Å². The van der Waals surface area contributed by atoms with Crippen molar-refractivity contribution in [1.29, 1.82) is 0 Å². The minimum Gasteiger partial charge on any atom is -0.338 e. The predicted octanol–water partition coefficient (Wildman–Crippen LogP) is 2.50. The van der Waals surface area contributed by atoms with E-state index in [-0.39, 0.29) is 5.91 Å². The number of nitrogens with zero attached hydrogens (tertiary/aromatic N) is 3. The zero-order valence-electron chi connectivity index (χ0n) is 11.3. The first-order chi connectivity index (χ1) is 9.84. The first-order valence-electron chi connectivity index (χ1n) is 6.94. The smallest absolute Gasteiger partial charge is 0.255 e. The quantitative estimate of drug-likeness (QED) is 0.840. The van der Waals surface area contributed by atoms with Gasteiger partial charge in [0.1, 0.15) is 0 Å². The van der Waals surface area contributed by atoms with Crippen molar-refractivity contribution in [2.45, 2.75) is 18.8 Å². The fourth-order valence-electron chi connectivity index (χ4n) is 2.74. The zero-order chi connectivity index (χ0) is 13.8. The molecule has 1 unspecified atom stereocenters. The molecule has 0 radical (unpaired) electrons. The molecule has 20 heavy (non-hydrogen) atoms. The van der Waals surface area contributed by atoms with Crippen molar-refractivity contribution in [3.05, 3.63) is 60.2 Å². The van der Waals surface area contributed by atoms with Gasteiger partial charge < -0.3 is 4.90 Å². The number of hydrogen-bond donors (Lipinski definition) is 0. The number of aromatic nitrogens is 2. The maximum Gasteiger partial charge on any atom is 0.255 e. The number of carbonyl (C=O) groups excluding carboxylic acids is 1. The van der Waals surface area contributed by atoms with Crippen LogP contribution < -0.4 is 0 Å². The third kappa shape index (κ3) is 2.69. The van der Waals surface area contributed by atoms with Crippen molar-refractivity contribution < 1.29 is 4.79 Å². The van der Waals surface area contributed by atoms with E-state index in [1.165, 1.54) is 5.56 Å². The largest absolute Gasteiger partial charge is 0.338 e. The van der Waals surface area contributed by atoms with Gasteiger partial charge in [0.15, 0.2) is 0 Å². The molecule has 1 saturated heterocycles. The summed E-state index contributed by atoms with van der Waals surface area (Å²) in [6.07, 6.45) is 9.12. The molecule has 1 fully saturated rings. The van der Waals surface area contributed by atoms with Crippen LogP contribution in [0.25, 0.3) is 0 Å². The Morgan fingerprint density at radius 3 is 2.75 bits per heavy atom. The molecule has 0 saturated carbocycles. The van der Waals surface area contributed by atoms with Gasteiger partial charge in [0.05, 0.1) is 5.56 Å². The van der Waals surface area contributed by atoms with E-state index < -0.39 is 0 Å². The highest BCUT2D eigenvalue weighted by Crippen LogP contribution is 2.27. The molecule has 4 nitrogen and oxygen atoms in total. The lowest BCUT2D eigenvalue weighted by Crippen LogP contribution is -2.39. The van der Waals surface area contributed by atoms with E-state index in [0.29, 0.717) is 11.5 Å². The van der Waals surface area contributed by atoms with Crippen LogP contribution in [-0.2, 0) is 0 Å². The second kappa shape index (κ2) is 5.82. The predicted molar refractivity (Wildman–Crippen MR) is 76.4 cm³/mol. The van der Waals surface area contributed by atoms with Crippen LogP contribution in [0.1, 0.15) is 34.7 Å². The number of carbonyl (C=O) groups is 1. The lowest BCUT2D eigenvalue weighted by atomic mass is 9.91. The third-order valence-corrected chi connectivity index (χ3v) is 3.79. The van der Waals surface area contributed by atoms with Gasteiger partial charge in [-0.15, -0.1) is 0 Å². The van der Waals surface area contributed by atoms with Crippen LogP contribution in [0.2, 0.25) is 0 Å². The summed E-state index contributed by atoms with van der Waals surface area (Å²) >= 11 is 0. The van der Waals surface area contributed by atoms with Gasteiger partial charge in [0.2, 0.25) is 0 Å². The van der Waals surface area contributed by atoms with Crippen LogP contribution in [-0.4, -0.2) is 33.9 Å². The molecule has 0 aliphatic carbocycles. The van der Waals surface area contributed by atoms with Crippen LogP contribution in [0, 0.1) is 0 Å². The summed E-state index contributed by atoms with van der Waals surface area (Å²) in [5.74, 6) is 0.490. The fourth-order valence-corrected chi connectivity index (χ4v) is 2.74. The Kier molecular flexibility index (Phi) is 3.72. The Balaban J connectivity index is 1.74. The highest BCUT2D eigenvalue weighted by molar-refractivity contribution is 5.94. The normalized spacial score (nSPS) is 18.8. The third-order valence-electron chi connectivity index (χ3n) is 3.79. The SMILES string of the molecule is O=C(c1cccnc1)N1CCCC(c2ccncc2)C1. The van der Waals surface area contributed by atoms with Gasteiger partial charge in [-0.25, -0.2) is 0 Å². The van der Waals surface area contributed by atoms with Crippen molar-refractivity contribution in [2.75, 3.05) is 13.1 Å². The van der Waals surface area contributed by atoms with Crippen LogP contribution in [0.15, 0.2) is 49.1 Å². The van der Waals surface area contributed by atoms with Gasteiger partial charge in [-0.05, 0) is 42.7 Å². The molecule has 2 aromatic rings. The Hall–Kier alpha value is -2.23. The minimum absolute atomic E-state index is 0.0804. The Labute approximate surface area is 118 Å². The van der Waals surface area contributed by atoms with E-state index in [9.17, 15) is 4.79 Å². The number of rotatable bonds is 2. The first-order valence-corrected chi connectivity index (χ1v) is 6.94. The van der Waals surface area contributed by atoms with Gasteiger partial charge in [-0.3, -0.25) is 14.8 Å². The van der Waals surface area contributed by atoms with Crippen molar-refractivity contribution in [2.24, 2.45) is 0 Å². The molecular weight excluding hydrogens is 250 g/mol. The monoisotopic (exact) mass is 267 g/mol. The van der Waals surface area contributed by atoms with Gasteiger partial charge in [0, 0.05) is 43.8 Å². The summed E-state index contributed by atoms with van der Waals surface area (Å²) in [5, 5.41) is 0. The molecule has 0 spiro atoms. The molecule has 2 aromatic heterocycles. The van der Waals surface area contributed by atoms with Crippen molar-refractivity contribution in [3.8, 4) is 0 Å². The summed E-state index contributed by atoms with van der Waals surface area (Å²) in [6.45, 7) is 1.60. The van der Waals surface area contributed by atoms with Crippen molar-refractivity contribution in [3.63, 3.8) is 0 Å². The maximum atomic E-state index is 12.5. The molecule has 102 valence electrons. The zero-order valence-corrected chi connectivity index (χ0v) is 11.3. The van der Waals surface area contributed by atoms with E-state index in [4.69, 9.17) is 0 Å². The molecule has 3 heterocycles.